The van der Waals surface area contributed by atoms with Gasteiger partial charge in [0, 0.05) is 30.1 Å². The first kappa shape index (κ1) is 31.3. The van der Waals surface area contributed by atoms with Crippen LogP contribution >= 0.6 is 0 Å². The number of non-ortho nitro benzene ring substituents is 1. The molecule has 220 valence electrons. The van der Waals surface area contributed by atoms with Gasteiger partial charge in [-0.3, -0.25) is 15.0 Å². The third-order valence-corrected chi connectivity index (χ3v) is 6.97. The van der Waals surface area contributed by atoms with Gasteiger partial charge >= 0.3 is 11.9 Å². The van der Waals surface area contributed by atoms with Crippen molar-refractivity contribution in [2.75, 3.05) is 32.8 Å². The Morgan fingerprint density at radius 2 is 1.66 bits per heavy atom. The minimum Gasteiger partial charge on any atom is -0.492 e. The predicted molar refractivity (Wildman–Crippen MR) is 155 cm³/mol. The molecule has 0 spiro atoms. The Hall–Kier alpha value is -4.18. The van der Waals surface area contributed by atoms with Gasteiger partial charge < -0.3 is 19.9 Å². The van der Waals surface area contributed by atoms with Crippen LogP contribution in [0.2, 0.25) is 0 Å². The van der Waals surface area contributed by atoms with Crippen molar-refractivity contribution in [3.63, 3.8) is 0 Å². The molecule has 41 heavy (non-hydrogen) atoms. The Bertz CT molecular complexity index is 1270. The van der Waals surface area contributed by atoms with Crippen LogP contribution in [0.4, 0.5) is 5.69 Å². The van der Waals surface area contributed by atoms with E-state index in [1.807, 2.05) is 30.3 Å². The van der Waals surface area contributed by atoms with Gasteiger partial charge in [-0.15, -0.1) is 0 Å². The van der Waals surface area contributed by atoms with E-state index in [0.717, 1.165) is 44.6 Å². The third kappa shape index (κ3) is 8.91. The zero-order valence-corrected chi connectivity index (χ0v) is 23.9. The van der Waals surface area contributed by atoms with Crippen LogP contribution in [0.25, 0.3) is 0 Å². The average Bonchev–Trinajstić information content (AvgIpc) is 2.95. The summed E-state index contributed by atoms with van der Waals surface area (Å²) in [6.07, 6.45) is 3.62. The number of carboxylic acids is 1. The molecule has 0 bridgehead atoms. The van der Waals surface area contributed by atoms with Crippen LogP contribution in [-0.2, 0) is 14.3 Å². The quantitative estimate of drug-likeness (QED) is 0.119. The lowest BCUT2D eigenvalue weighted by Gasteiger charge is -2.29. The molecule has 1 aliphatic heterocycles. The number of esters is 1. The standard InChI is InChI=1S/C31H39N3O7/c1-4-5-16-33(18-20-40-26-14-7-6-8-15-26)17-9-10-19-41-31(37)28-23(3)32-22(2)27(30(35)36)29(28)24-12-11-13-25(21-24)34(38)39/h6-8,11-15,21,29,32H,4-5,9-10,16-20H2,1-3H3,(H,35,36). The number of hydrogen-bond donors (Lipinski definition) is 2. The number of dihydropyridines is 1. The van der Waals surface area contributed by atoms with Crippen LogP contribution in [0, 0.1) is 10.1 Å². The molecule has 1 heterocycles. The molecule has 0 aliphatic carbocycles. The van der Waals surface area contributed by atoms with Gasteiger partial charge in [-0.2, -0.15) is 0 Å². The fourth-order valence-corrected chi connectivity index (χ4v) is 4.91. The molecule has 1 unspecified atom stereocenters. The summed E-state index contributed by atoms with van der Waals surface area (Å²) in [5.74, 6) is -2.02. The normalized spacial score (nSPS) is 15.1. The van der Waals surface area contributed by atoms with Gasteiger partial charge in [-0.1, -0.05) is 43.7 Å². The Kier molecular flexibility index (Phi) is 11.9. The number of carbonyl (C=O) groups is 2. The van der Waals surface area contributed by atoms with E-state index in [1.54, 1.807) is 19.9 Å². The number of para-hydroxylation sites is 1. The molecule has 0 radical (unpaired) electrons. The molecule has 3 rings (SSSR count). The molecule has 2 N–H and O–H groups in total. The lowest BCUT2D eigenvalue weighted by Crippen LogP contribution is -2.32. The van der Waals surface area contributed by atoms with Crippen molar-refractivity contribution in [2.45, 2.75) is 52.4 Å². The number of aliphatic carboxylic acids is 1. The maximum atomic E-state index is 13.3. The molecule has 0 aromatic heterocycles. The van der Waals surface area contributed by atoms with Crippen LogP contribution in [0.1, 0.15) is 57.9 Å². The molecule has 0 saturated carbocycles. The molecule has 1 atom stereocenters. The zero-order chi connectivity index (χ0) is 29.8. The smallest absolute Gasteiger partial charge is 0.336 e. The van der Waals surface area contributed by atoms with E-state index in [2.05, 4.69) is 17.1 Å². The monoisotopic (exact) mass is 565 g/mol. The average molecular weight is 566 g/mol. The number of allylic oxidation sites excluding steroid dienone is 2. The van der Waals surface area contributed by atoms with Crippen molar-refractivity contribution in [1.82, 2.24) is 10.2 Å². The van der Waals surface area contributed by atoms with Gasteiger partial charge in [0.25, 0.3) is 5.69 Å². The number of nitrogens with zero attached hydrogens (tertiary/aromatic N) is 2. The maximum absolute atomic E-state index is 13.3. The summed E-state index contributed by atoms with van der Waals surface area (Å²) in [6.45, 7) is 8.77. The highest BCUT2D eigenvalue weighted by atomic mass is 16.6. The van der Waals surface area contributed by atoms with Gasteiger partial charge in [-0.05, 0) is 63.9 Å². The fourth-order valence-electron chi connectivity index (χ4n) is 4.91. The van der Waals surface area contributed by atoms with E-state index in [-0.39, 0.29) is 23.4 Å². The minimum absolute atomic E-state index is 0.0488. The second-order valence-electron chi connectivity index (χ2n) is 9.99. The van der Waals surface area contributed by atoms with Gasteiger partial charge in [0.05, 0.1) is 28.6 Å². The Labute approximate surface area is 240 Å². The van der Waals surface area contributed by atoms with Crippen molar-refractivity contribution in [3.05, 3.63) is 92.8 Å². The molecule has 10 nitrogen and oxygen atoms in total. The number of benzene rings is 2. The third-order valence-electron chi connectivity index (χ3n) is 6.97. The van der Waals surface area contributed by atoms with E-state index in [0.29, 0.717) is 30.0 Å². The number of carboxylic acid groups (broad SMARTS) is 1. The summed E-state index contributed by atoms with van der Waals surface area (Å²) < 4.78 is 11.5. The number of carbonyl (C=O) groups excluding carboxylic acids is 1. The molecular weight excluding hydrogens is 526 g/mol. The molecule has 0 amide bonds. The van der Waals surface area contributed by atoms with Gasteiger partial charge in [0.2, 0.25) is 0 Å². The maximum Gasteiger partial charge on any atom is 0.336 e. The predicted octanol–water partition coefficient (Wildman–Crippen LogP) is 5.42. The van der Waals surface area contributed by atoms with E-state index in [1.165, 1.54) is 18.2 Å². The first-order chi connectivity index (χ1) is 19.7. The molecular formula is C31H39N3O7. The lowest BCUT2D eigenvalue weighted by molar-refractivity contribution is -0.384. The number of rotatable bonds is 16. The first-order valence-corrected chi connectivity index (χ1v) is 14.0. The van der Waals surface area contributed by atoms with Crippen molar-refractivity contribution in [2.24, 2.45) is 0 Å². The van der Waals surface area contributed by atoms with E-state index >= 15 is 0 Å². The molecule has 0 fully saturated rings. The molecule has 2 aromatic carbocycles. The van der Waals surface area contributed by atoms with Gasteiger partial charge in [-0.25, -0.2) is 9.59 Å². The van der Waals surface area contributed by atoms with Crippen molar-refractivity contribution in [1.29, 1.82) is 0 Å². The van der Waals surface area contributed by atoms with Crippen LogP contribution in [-0.4, -0.2) is 59.7 Å². The highest BCUT2D eigenvalue weighted by Crippen LogP contribution is 2.39. The highest BCUT2D eigenvalue weighted by molar-refractivity contribution is 5.99. The number of ether oxygens (including phenoxy) is 2. The Morgan fingerprint density at radius 3 is 2.34 bits per heavy atom. The second kappa shape index (κ2) is 15.6. The fraction of sp³-hybridized carbons (Fsp3) is 0.419. The largest absolute Gasteiger partial charge is 0.492 e. The highest BCUT2D eigenvalue weighted by Gasteiger charge is 2.37. The van der Waals surface area contributed by atoms with E-state index < -0.39 is 22.8 Å². The SMILES string of the molecule is CCCCN(CCCCOC(=O)C1=C(C)NC(C)=C(C(=O)O)C1c1cccc([N+](=O)[O-])c1)CCOc1ccccc1. The molecule has 10 heteroatoms. The summed E-state index contributed by atoms with van der Waals surface area (Å²) in [6, 6.07) is 15.4. The number of nitrogens with one attached hydrogen (secondary N) is 1. The zero-order valence-electron chi connectivity index (χ0n) is 23.9. The summed E-state index contributed by atoms with van der Waals surface area (Å²) in [5.41, 5.74) is 1.07. The Morgan fingerprint density at radius 1 is 0.951 bits per heavy atom. The number of nitro benzene ring substituents is 1. The lowest BCUT2D eigenvalue weighted by atomic mass is 9.80. The van der Waals surface area contributed by atoms with Gasteiger partial charge in [0.15, 0.2) is 0 Å². The first-order valence-electron chi connectivity index (χ1n) is 14.0. The van der Waals surface area contributed by atoms with Crippen molar-refractivity contribution >= 4 is 17.6 Å². The van der Waals surface area contributed by atoms with Crippen LogP contribution in [0.15, 0.2) is 77.1 Å². The molecule has 2 aromatic rings. The second-order valence-corrected chi connectivity index (χ2v) is 9.99. The molecule has 1 aliphatic rings. The molecule has 0 saturated heterocycles. The summed E-state index contributed by atoms with van der Waals surface area (Å²) in [4.78, 5) is 38.7. The van der Waals surface area contributed by atoms with E-state index in [4.69, 9.17) is 9.47 Å². The summed E-state index contributed by atoms with van der Waals surface area (Å²) in [7, 11) is 0. The number of nitro groups is 1. The summed E-state index contributed by atoms with van der Waals surface area (Å²) >= 11 is 0. The van der Waals surface area contributed by atoms with Crippen LogP contribution < -0.4 is 10.1 Å². The van der Waals surface area contributed by atoms with Crippen LogP contribution in [0.5, 0.6) is 5.75 Å². The topological polar surface area (TPSA) is 131 Å². The Balaban J connectivity index is 1.61. The number of unbranched alkanes of at least 4 members (excludes halogenated alkanes) is 2. The number of hydrogen-bond acceptors (Lipinski definition) is 8. The van der Waals surface area contributed by atoms with Gasteiger partial charge in [0.1, 0.15) is 12.4 Å². The van der Waals surface area contributed by atoms with Crippen molar-refractivity contribution < 1.29 is 29.1 Å². The van der Waals surface area contributed by atoms with Crippen molar-refractivity contribution in [3.8, 4) is 5.75 Å². The summed E-state index contributed by atoms with van der Waals surface area (Å²) in [5, 5.41) is 24.3. The minimum atomic E-state index is -1.22. The van der Waals surface area contributed by atoms with E-state index in [9.17, 15) is 24.8 Å². The van der Waals surface area contributed by atoms with Crippen LogP contribution in [0.3, 0.4) is 0 Å².